The molecule has 0 aromatic carbocycles. The molecule has 0 atom stereocenters. The van der Waals surface area contributed by atoms with Crippen molar-refractivity contribution in [3.05, 3.63) is 12.3 Å². The van der Waals surface area contributed by atoms with E-state index in [4.69, 9.17) is 0 Å². The Morgan fingerprint density at radius 3 is 2.50 bits per heavy atom. The zero-order valence-corrected chi connectivity index (χ0v) is 6.22. The molecule has 1 fully saturated rings. The second-order valence-corrected chi connectivity index (χ2v) is 2.44. The maximum atomic E-state index is 11.0. The summed E-state index contributed by atoms with van der Waals surface area (Å²) < 4.78 is 0. The lowest BCUT2D eigenvalue weighted by Crippen LogP contribution is -2.44. The van der Waals surface area contributed by atoms with Gasteiger partial charge in [0.1, 0.15) is 0 Å². The minimum atomic E-state index is 0.0370. The van der Waals surface area contributed by atoms with Crippen LogP contribution in [0.3, 0.4) is 0 Å². The summed E-state index contributed by atoms with van der Waals surface area (Å²) >= 11 is 0. The number of nitrogens with zero attached hydrogens (tertiary/aromatic N) is 2. The number of amides is 1. The van der Waals surface area contributed by atoms with Crippen LogP contribution in [0.15, 0.2) is 12.3 Å². The first-order chi connectivity index (χ1) is 4.61. The van der Waals surface area contributed by atoms with Gasteiger partial charge in [0.05, 0.1) is 6.42 Å². The summed E-state index contributed by atoms with van der Waals surface area (Å²) in [6.07, 6.45) is 0.401. The normalized spacial score (nSPS) is 18.5. The van der Waals surface area contributed by atoms with E-state index in [-0.39, 0.29) is 5.91 Å². The van der Waals surface area contributed by atoms with Gasteiger partial charge in [-0.05, 0) is 0 Å². The molecule has 4 heteroatoms. The van der Waals surface area contributed by atoms with Crippen molar-refractivity contribution in [3.63, 3.8) is 0 Å². The van der Waals surface area contributed by atoms with E-state index in [9.17, 15) is 4.79 Å². The molecule has 0 unspecified atom stereocenters. The summed E-state index contributed by atoms with van der Waals surface area (Å²) in [6.45, 7) is 3.64. The Morgan fingerprint density at radius 2 is 2.30 bits per heavy atom. The molecule has 1 amide bonds. The fourth-order valence-corrected chi connectivity index (χ4v) is 0.832. The molecular formula is C6H11N3O. The number of nitrogens with one attached hydrogen (secondary N) is 1. The number of carbonyl (C=O) groups excluding carboxylic acids is 1. The van der Waals surface area contributed by atoms with Crippen molar-refractivity contribution in [2.45, 2.75) is 6.42 Å². The standard InChI is InChI=1S/C6H11N3O/c1-5-4-6(10)9(7-5)8(2)3/h7H,1,4H2,2-3H3. The summed E-state index contributed by atoms with van der Waals surface area (Å²) in [5, 5.41) is 3.11. The molecule has 4 nitrogen and oxygen atoms in total. The molecule has 0 spiro atoms. The maximum absolute atomic E-state index is 11.0. The van der Waals surface area contributed by atoms with Gasteiger partial charge in [0, 0.05) is 19.8 Å². The fraction of sp³-hybridized carbons (Fsp3) is 0.500. The lowest BCUT2D eigenvalue weighted by Gasteiger charge is -2.22. The van der Waals surface area contributed by atoms with E-state index in [0.717, 1.165) is 5.70 Å². The molecule has 0 radical (unpaired) electrons. The van der Waals surface area contributed by atoms with Crippen LogP contribution in [0.1, 0.15) is 6.42 Å². The summed E-state index contributed by atoms with van der Waals surface area (Å²) in [4.78, 5) is 11.0. The molecule has 1 heterocycles. The molecule has 1 aliphatic rings. The van der Waals surface area contributed by atoms with E-state index >= 15 is 0 Å². The Morgan fingerprint density at radius 1 is 1.70 bits per heavy atom. The molecule has 10 heavy (non-hydrogen) atoms. The molecule has 1 rings (SSSR count). The van der Waals surface area contributed by atoms with Gasteiger partial charge in [-0.3, -0.25) is 10.2 Å². The van der Waals surface area contributed by atoms with Crippen LogP contribution in [0, 0.1) is 0 Å². The van der Waals surface area contributed by atoms with Crippen LogP contribution >= 0.6 is 0 Å². The average molecular weight is 141 g/mol. The monoisotopic (exact) mass is 141 g/mol. The Bertz CT molecular complexity index is 176. The van der Waals surface area contributed by atoms with E-state index in [1.807, 2.05) is 0 Å². The highest BCUT2D eigenvalue weighted by Gasteiger charge is 2.23. The number of hydrogen-bond donors (Lipinski definition) is 1. The van der Waals surface area contributed by atoms with Crippen molar-refractivity contribution in [1.82, 2.24) is 15.6 Å². The van der Waals surface area contributed by atoms with Crippen molar-refractivity contribution in [2.24, 2.45) is 0 Å². The number of carbonyl (C=O) groups is 1. The SMILES string of the molecule is C=C1CC(=O)N(N(C)C)N1. The fourth-order valence-electron chi connectivity index (χ4n) is 0.832. The van der Waals surface area contributed by atoms with Gasteiger partial charge in [-0.2, -0.15) is 5.12 Å². The zero-order valence-electron chi connectivity index (χ0n) is 6.22. The van der Waals surface area contributed by atoms with E-state index in [0.29, 0.717) is 6.42 Å². The van der Waals surface area contributed by atoms with Crippen LogP contribution in [0.25, 0.3) is 0 Å². The third-order valence-corrected chi connectivity index (χ3v) is 1.26. The van der Waals surface area contributed by atoms with Gasteiger partial charge in [0.25, 0.3) is 5.91 Å². The molecule has 1 saturated heterocycles. The number of hydrazine groups is 2. The average Bonchev–Trinajstić information content (AvgIpc) is 2.10. The van der Waals surface area contributed by atoms with Gasteiger partial charge < -0.3 is 0 Å². The zero-order chi connectivity index (χ0) is 7.72. The third kappa shape index (κ3) is 1.11. The second-order valence-electron chi connectivity index (χ2n) is 2.44. The summed E-state index contributed by atoms with van der Waals surface area (Å²) in [7, 11) is 3.59. The van der Waals surface area contributed by atoms with Crippen LogP contribution in [-0.2, 0) is 4.79 Å². The molecule has 1 N–H and O–H groups in total. The lowest BCUT2D eigenvalue weighted by atomic mass is 10.4. The first-order valence-corrected chi connectivity index (χ1v) is 3.06. The highest BCUT2D eigenvalue weighted by Crippen LogP contribution is 2.08. The van der Waals surface area contributed by atoms with Crippen molar-refractivity contribution in [3.8, 4) is 0 Å². The molecule has 0 aromatic rings. The molecular weight excluding hydrogens is 130 g/mol. The quantitative estimate of drug-likeness (QED) is 0.545. The van der Waals surface area contributed by atoms with E-state index in [2.05, 4.69) is 12.0 Å². The minimum absolute atomic E-state index is 0.0370. The van der Waals surface area contributed by atoms with Gasteiger partial charge in [0.15, 0.2) is 0 Å². The first-order valence-electron chi connectivity index (χ1n) is 3.06. The topological polar surface area (TPSA) is 35.6 Å². The smallest absolute Gasteiger partial charge is 0.262 e. The third-order valence-electron chi connectivity index (χ3n) is 1.26. The van der Waals surface area contributed by atoms with Gasteiger partial charge in [0.2, 0.25) is 0 Å². The molecule has 0 saturated carbocycles. The molecule has 0 aliphatic carbocycles. The number of hydrogen-bond acceptors (Lipinski definition) is 3. The van der Waals surface area contributed by atoms with Gasteiger partial charge >= 0.3 is 0 Å². The Balaban J connectivity index is 2.63. The van der Waals surface area contributed by atoms with Crippen molar-refractivity contribution in [2.75, 3.05) is 14.1 Å². The van der Waals surface area contributed by atoms with Crippen LogP contribution in [0.2, 0.25) is 0 Å². The Hall–Kier alpha value is -1.03. The van der Waals surface area contributed by atoms with Crippen molar-refractivity contribution < 1.29 is 4.79 Å². The Labute approximate surface area is 60.0 Å². The van der Waals surface area contributed by atoms with Crippen LogP contribution in [0.5, 0.6) is 0 Å². The largest absolute Gasteiger partial charge is 0.285 e. The van der Waals surface area contributed by atoms with E-state index < -0.39 is 0 Å². The van der Waals surface area contributed by atoms with Gasteiger partial charge in [-0.25, -0.2) is 5.01 Å². The first kappa shape index (κ1) is 7.08. The van der Waals surface area contributed by atoms with Crippen LogP contribution in [0.4, 0.5) is 0 Å². The highest BCUT2D eigenvalue weighted by atomic mass is 16.2. The van der Waals surface area contributed by atoms with Crippen LogP contribution in [-0.4, -0.2) is 30.1 Å². The van der Waals surface area contributed by atoms with Crippen molar-refractivity contribution in [1.29, 1.82) is 0 Å². The lowest BCUT2D eigenvalue weighted by molar-refractivity contribution is -0.143. The molecule has 0 aromatic heterocycles. The molecule has 56 valence electrons. The summed E-state index contributed by atoms with van der Waals surface area (Å²) in [5.41, 5.74) is 3.57. The summed E-state index contributed by atoms with van der Waals surface area (Å²) in [6, 6.07) is 0. The maximum Gasteiger partial charge on any atom is 0.262 e. The highest BCUT2D eigenvalue weighted by molar-refractivity contribution is 5.80. The molecule has 0 bridgehead atoms. The van der Waals surface area contributed by atoms with E-state index in [1.54, 1.807) is 19.1 Å². The predicted molar refractivity (Wildman–Crippen MR) is 37.4 cm³/mol. The predicted octanol–water partition coefficient (Wildman–Crippen LogP) is -0.286. The Kier molecular flexibility index (Phi) is 1.63. The minimum Gasteiger partial charge on any atom is -0.285 e. The van der Waals surface area contributed by atoms with Crippen LogP contribution < -0.4 is 5.43 Å². The number of rotatable bonds is 1. The van der Waals surface area contributed by atoms with E-state index in [1.165, 1.54) is 5.12 Å². The summed E-state index contributed by atoms with van der Waals surface area (Å²) in [5.74, 6) is 0.0370. The van der Waals surface area contributed by atoms with Crippen molar-refractivity contribution >= 4 is 5.91 Å². The van der Waals surface area contributed by atoms with Gasteiger partial charge in [-0.15, -0.1) is 0 Å². The molecule has 1 aliphatic heterocycles. The van der Waals surface area contributed by atoms with Gasteiger partial charge in [-0.1, -0.05) is 6.58 Å². The second kappa shape index (κ2) is 2.30.